The zero-order valence-electron chi connectivity index (χ0n) is 11.2. The molecule has 0 radical (unpaired) electrons. The molecular formula is C14H23NO3. The van der Waals surface area contributed by atoms with Gasteiger partial charge in [-0.1, -0.05) is 13.8 Å². The van der Waals surface area contributed by atoms with Crippen LogP contribution in [0.4, 0.5) is 0 Å². The quantitative estimate of drug-likeness (QED) is 0.807. The van der Waals surface area contributed by atoms with Crippen molar-refractivity contribution < 1.29 is 14.7 Å². The van der Waals surface area contributed by atoms with Gasteiger partial charge in [-0.05, 0) is 50.4 Å². The van der Waals surface area contributed by atoms with E-state index in [2.05, 4.69) is 12.2 Å². The Morgan fingerprint density at radius 2 is 1.78 bits per heavy atom. The number of carbonyl (C=O) groups is 2. The minimum absolute atomic E-state index is 0.0411. The molecule has 2 fully saturated rings. The zero-order valence-corrected chi connectivity index (χ0v) is 11.2. The van der Waals surface area contributed by atoms with E-state index in [9.17, 15) is 14.7 Å². The van der Waals surface area contributed by atoms with Gasteiger partial charge in [-0.3, -0.25) is 4.79 Å². The summed E-state index contributed by atoms with van der Waals surface area (Å²) in [5.41, 5.74) is -1.01. The van der Waals surface area contributed by atoms with Crippen LogP contribution < -0.4 is 5.32 Å². The Hall–Kier alpha value is -1.06. The number of hydrogen-bond acceptors (Lipinski definition) is 2. The molecule has 2 aliphatic rings. The maximum Gasteiger partial charge on any atom is 0.329 e. The largest absolute Gasteiger partial charge is 0.480 e. The zero-order chi connectivity index (χ0) is 13.3. The molecule has 0 spiro atoms. The van der Waals surface area contributed by atoms with Crippen molar-refractivity contribution in [2.24, 2.45) is 17.8 Å². The molecule has 4 nitrogen and oxygen atoms in total. The van der Waals surface area contributed by atoms with Crippen LogP contribution in [0.15, 0.2) is 0 Å². The third kappa shape index (κ3) is 2.68. The molecule has 2 aliphatic carbocycles. The average Bonchev–Trinajstić information content (AvgIpc) is 3.15. The normalized spacial score (nSPS) is 33.8. The van der Waals surface area contributed by atoms with Crippen LogP contribution in [0.25, 0.3) is 0 Å². The summed E-state index contributed by atoms with van der Waals surface area (Å²) < 4.78 is 0. The highest BCUT2D eigenvalue weighted by Gasteiger charge is 2.44. The molecule has 1 atom stereocenters. The summed E-state index contributed by atoms with van der Waals surface area (Å²) in [6, 6.07) is 0. The van der Waals surface area contributed by atoms with Gasteiger partial charge in [-0.15, -0.1) is 0 Å². The van der Waals surface area contributed by atoms with E-state index in [0.29, 0.717) is 24.7 Å². The molecule has 0 saturated heterocycles. The highest BCUT2D eigenvalue weighted by atomic mass is 16.4. The monoisotopic (exact) mass is 253 g/mol. The number of carboxylic acid groups (broad SMARTS) is 1. The maximum atomic E-state index is 12.1. The van der Waals surface area contributed by atoms with E-state index in [-0.39, 0.29) is 11.8 Å². The second-order valence-corrected chi connectivity index (χ2v) is 6.19. The van der Waals surface area contributed by atoms with Crippen LogP contribution in [0.5, 0.6) is 0 Å². The first-order valence-electron chi connectivity index (χ1n) is 7.00. The van der Waals surface area contributed by atoms with Crippen molar-refractivity contribution in [2.75, 3.05) is 0 Å². The van der Waals surface area contributed by atoms with Gasteiger partial charge in [-0.25, -0.2) is 4.79 Å². The Bertz CT molecular complexity index is 341. The number of aliphatic carboxylic acids is 1. The van der Waals surface area contributed by atoms with E-state index in [0.717, 1.165) is 25.7 Å². The Morgan fingerprint density at radius 1 is 1.22 bits per heavy atom. The number of carbonyl (C=O) groups excluding carboxylic acids is 1. The molecule has 0 aliphatic heterocycles. The lowest BCUT2D eigenvalue weighted by molar-refractivity contribution is -0.150. The van der Waals surface area contributed by atoms with Gasteiger partial charge in [0.1, 0.15) is 5.54 Å². The SMILES string of the molecule is CC1CCC(NC(=O)C(C)C2CC2)(C(=O)O)CC1. The smallest absolute Gasteiger partial charge is 0.329 e. The van der Waals surface area contributed by atoms with E-state index < -0.39 is 11.5 Å². The van der Waals surface area contributed by atoms with Crippen LogP contribution >= 0.6 is 0 Å². The molecule has 0 aromatic heterocycles. The Balaban J connectivity index is 2.01. The van der Waals surface area contributed by atoms with Crippen molar-refractivity contribution >= 4 is 11.9 Å². The summed E-state index contributed by atoms with van der Waals surface area (Å²) in [7, 11) is 0. The fraction of sp³-hybridized carbons (Fsp3) is 0.857. The molecule has 0 aromatic carbocycles. The first-order chi connectivity index (χ1) is 8.44. The minimum atomic E-state index is -1.01. The number of carboxylic acids is 1. The third-order valence-corrected chi connectivity index (χ3v) is 4.64. The van der Waals surface area contributed by atoms with Crippen molar-refractivity contribution in [3.63, 3.8) is 0 Å². The van der Waals surface area contributed by atoms with Gasteiger partial charge in [0.05, 0.1) is 0 Å². The van der Waals surface area contributed by atoms with E-state index in [4.69, 9.17) is 0 Å². The molecule has 0 heterocycles. The number of nitrogens with one attached hydrogen (secondary N) is 1. The van der Waals surface area contributed by atoms with Gasteiger partial charge in [0.2, 0.25) is 5.91 Å². The Kier molecular flexibility index (Phi) is 3.64. The summed E-state index contributed by atoms with van der Waals surface area (Å²) >= 11 is 0. The summed E-state index contributed by atoms with van der Waals surface area (Å²) in [4.78, 5) is 23.6. The van der Waals surface area contributed by atoms with Crippen LogP contribution in [0, 0.1) is 17.8 Å². The van der Waals surface area contributed by atoms with E-state index in [1.165, 1.54) is 0 Å². The molecule has 102 valence electrons. The van der Waals surface area contributed by atoms with Crippen molar-refractivity contribution in [3.8, 4) is 0 Å². The van der Waals surface area contributed by atoms with Crippen LogP contribution in [-0.2, 0) is 9.59 Å². The van der Waals surface area contributed by atoms with Gasteiger partial charge in [0.25, 0.3) is 0 Å². The summed E-state index contributed by atoms with van der Waals surface area (Å²) in [5.74, 6) is 0.0503. The molecule has 0 bridgehead atoms. The van der Waals surface area contributed by atoms with Crippen molar-refractivity contribution in [1.29, 1.82) is 0 Å². The van der Waals surface area contributed by atoms with Gasteiger partial charge < -0.3 is 10.4 Å². The summed E-state index contributed by atoms with van der Waals surface area (Å²) in [5, 5.41) is 12.3. The van der Waals surface area contributed by atoms with Gasteiger partial charge in [0, 0.05) is 5.92 Å². The first kappa shape index (κ1) is 13.4. The molecule has 0 aromatic rings. The maximum absolute atomic E-state index is 12.1. The molecule has 2 rings (SSSR count). The molecular weight excluding hydrogens is 230 g/mol. The topological polar surface area (TPSA) is 66.4 Å². The van der Waals surface area contributed by atoms with Gasteiger partial charge >= 0.3 is 5.97 Å². The molecule has 1 unspecified atom stereocenters. The number of rotatable bonds is 4. The van der Waals surface area contributed by atoms with Gasteiger partial charge in [0.15, 0.2) is 0 Å². The highest BCUT2D eigenvalue weighted by molar-refractivity contribution is 5.88. The second kappa shape index (κ2) is 4.90. The third-order valence-electron chi connectivity index (χ3n) is 4.64. The Labute approximate surface area is 108 Å². The van der Waals surface area contributed by atoms with Crippen molar-refractivity contribution in [1.82, 2.24) is 5.32 Å². The van der Waals surface area contributed by atoms with Gasteiger partial charge in [-0.2, -0.15) is 0 Å². The minimum Gasteiger partial charge on any atom is -0.480 e. The van der Waals surface area contributed by atoms with Crippen molar-refractivity contribution in [2.45, 2.75) is 57.9 Å². The first-order valence-corrected chi connectivity index (χ1v) is 7.00. The fourth-order valence-electron chi connectivity index (χ4n) is 2.81. The van der Waals surface area contributed by atoms with E-state index in [1.807, 2.05) is 6.92 Å². The van der Waals surface area contributed by atoms with Crippen LogP contribution in [0.2, 0.25) is 0 Å². The molecule has 2 N–H and O–H groups in total. The Morgan fingerprint density at radius 3 is 2.22 bits per heavy atom. The predicted molar refractivity (Wildman–Crippen MR) is 68.0 cm³/mol. The summed E-state index contributed by atoms with van der Waals surface area (Å²) in [6.07, 6.45) is 5.09. The van der Waals surface area contributed by atoms with Crippen LogP contribution in [0.1, 0.15) is 52.4 Å². The standard InChI is InChI=1S/C14H23NO3/c1-9-5-7-14(8-6-9,13(17)18)15-12(16)10(2)11-3-4-11/h9-11H,3-8H2,1-2H3,(H,15,16)(H,17,18). The van der Waals surface area contributed by atoms with E-state index >= 15 is 0 Å². The molecule has 4 heteroatoms. The highest BCUT2D eigenvalue weighted by Crippen LogP contribution is 2.38. The summed E-state index contributed by atoms with van der Waals surface area (Å²) in [6.45, 7) is 4.05. The van der Waals surface area contributed by atoms with Crippen molar-refractivity contribution in [3.05, 3.63) is 0 Å². The molecule has 1 amide bonds. The van der Waals surface area contributed by atoms with E-state index in [1.54, 1.807) is 0 Å². The number of hydrogen-bond donors (Lipinski definition) is 2. The molecule has 18 heavy (non-hydrogen) atoms. The molecule has 2 saturated carbocycles. The fourth-order valence-corrected chi connectivity index (χ4v) is 2.81. The number of amides is 1. The van der Waals surface area contributed by atoms with Crippen LogP contribution in [-0.4, -0.2) is 22.5 Å². The predicted octanol–water partition coefficient (Wildman–Crippen LogP) is 2.18. The van der Waals surface area contributed by atoms with Crippen LogP contribution in [0.3, 0.4) is 0 Å². The lowest BCUT2D eigenvalue weighted by Gasteiger charge is -2.37. The second-order valence-electron chi connectivity index (χ2n) is 6.19. The lowest BCUT2D eigenvalue weighted by atomic mass is 9.77. The lowest BCUT2D eigenvalue weighted by Crippen LogP contribution is -2.57. The average molecular weight is 253 g/mol.